The van der Waals surface area contributed by atoms with Crippen molar-refractivity contribution >= 4 is 5.91 Å². The Morgan fingerprint density at radius 1 is 1.11 bits per heavy atom. The summed E-state index contributed by atoms with van der Waals surface area (Å²) in [6, 6.07) is 11.8. The van der Waals surface area contributed by atoms with Crippen LogP contribution in [0.5, 0.6) is 5.75 Å². The highest BCUT2D eigenvalue weighted by Crippen LogP contribution is 2.15. The second kappa shape index (κ2) is 8.98. The molecule has 0 saturated heterocycles. The molecule has 7 nitrogen and oxygen atoms in total. The third kappa shape index (κ3) is 5.53. The first kappa shape index (κ1) is 19.3. The van der Waals surface area contributed by atoms with E-state index in [1.807, 2.05) is 0 Å². The fraction of sp³-hybridized carbons (Fsp3) is 0.222. The minimum Gasteiger partial charge on any atom is -0.435 e. The highest BCUT2D eigenvalue weighted by Gasteiger charge is 2.09. The van der Waals surface area contributed by atoms with E-state index in [1.54, 1.807) is 12.1 Å². The van der Waals surface area contributed by atoms with Crippen LogP contribution in [0.25, 0.3) is 11.4 Å². The summed E-state index contributed by atoms with van der Waals surface area (Å²) in [5.74, 6) is -0.302. The molecule has 3 aromatic rings. The number of aromatic nitrogens is 4. The second-order valence-electron chi connectivity index (χ2n) is 5.77. The van der Waals surface area contributed by atoms with Crippen LogP contribution >= 0.6 is 0 Å². The van der Waals surface area contributed by atoms with Crippen LogP contribution in [0.4, 0.5) is 13.2 Å². The largest absolute Gasteiger partial charge is 0.435 e. The number of hydrogen-bond acceptors (Lipinski definition) is 5. The highest BCUT2D eigenvalue weighted by atomic mass is 19.3. The van der Waals surface area contributed by atoms with Gasteiger partial charge in [-0.1, -0.05) is 12.1 Å². The SMILES string of the molecule is O=C(Cn1nnc(-c2ccc(F)cc2)n1)NCCc1ccc(OC(F)F)cc1. The molecular formula is C18H16F3N5O2. The van der Waals surface area contributed by atoms with Crippen molar-refractivity contribution in [3.05, 3.63) is 59.9 Å². The molecule has 0 fully saturated rings. The molecule has 0 bridgehead atoms. The molecule has 10 heteroatoms. The van der Waals surface area contributed by atoms with Crippen LogP contribution in [-0.2, 0) is 17.8 Å². The average molecular weight is 391 g/mol. The molecule has 0 atom stereocenters. The zero-order valence-corrected chi connectivity index (χ0v) is 14.6. The quantitative estimate of drug-likeness (QED) is 0.638. The number of halogens is 3. The van der Waals surface area contributed by atoms with Crippen LogP contribution < -0.4 is 10.1 Å². The van der Waals surface area contributed by atoms with Crippen molar-refractivity contribution in [3.8, 4) is 17.1 Å². The van der Waals surface area contributed by atoms with Crippen molar-refractivity contribution in [1.82, 2.24) is 25.5 Å². The smallest absolute Gasteiger partial charge is 0.387 e. The Bertz CT molecular complexity index is 914. The molecule has 0 saturated carbocycles. The topological polar surface area (TPSA) is 81.9 Å². The first-order valence-electron chi connectivity index (χ1n) is 8.34. The van der Waals surface area contributed by atoms with Gasteiger partial charge in [0.15, 0.2) is 0 Å². The Labute approximate surface area is 158 Å². The number of amides is 1. The number of nitrogens with one attached hydrogen (secondary N) is 1. The van der Waals surface area contributed by atoms with Crippen molar-refractivity contribution in [3.63, 3.8) is 0 Å². The Balaban J connectivity index is 1.45. The lowest BCUT2D eigenvalue weighted by atomic mass is 10.1. The van der Waals surface area contributed by atoms with Crippen molar-refractivity contribution in [2.75, 3.05) is 6.54 Å². The molecule has 0 aliphatic rings. The molecule has 1 amide bonds. The summed E-state index contributed by atoms with van der Waals surface area (Å²) in [5.41, 5.74) is 1.45. The lowest BCUT2D eigenvalue weighted by molar-refractivity contribution is -0.122. The van der Waals surface area contributed by atoms with E-state index in [0.717, 1.165) is 10.4 Å². The average Bonchev–Trinajstić information content (AvgIpc) is 3.11. The summed E-state index contributed by atoms with van der Waals surface area (Å²) in [6.07, 6.45) is 0.520. The first-order chi connectivity index (χ1) is 13.5. The molecule has 0 aliphatic carbocycles. The maximum atomic E-state index is 12.9. The molecule has 0 unspecified atom stereocenters. The van der Waals surface area contributed by atoms with Gasteiger partial charge in [-0.05, 0) is 53.6 Å². The molecule has 1 aromatic heterocycles. The van der Waals surface area contributed by atoms with E-state index >= 15 is 0 Å². The minimum atomic E-state index is -2.86. The predicted octanol–water partition coefficient (Wildman–Crippen LogP) is 2.44. The fourth-order valence-electron chi connectivity index (χ4n) is 2.39. The van der Waals surface area contributed by atoms with Crippen molar-refractivity contribution in [2.24, 2.45) is 0 Å². The maximum Gasteiger partial charge on any atom is 0.387 e. The van der Waals surface area contributed by atoms with Crippen LogP contribution in [0, 0.1) is 5.82 Å². The van der Waals surface area contributed by atoms with Crippen LogP contribution in [-0.4, -0.2) is 39.3 Å². The van der Waals surface area contributed by atoms with Crippen molar-refractivity contribution in [1.29, 1.82) is 0 Å². The van der Waals surface area contributed by atoms with Gasteiger partial charge in [-0.25, -0.2) is 4.39 Å². The second-order valence-corrected chi connectivity index (χ2v) is 5.77. The van der Waals surface area contributed by atoms with Gasteiger partial charge in [0, 0.05) is 12.1 Å². The van der Waals surface area contributed by atoms with Gasteiger partial charge in [-0.2, -0.15) is 13.6 Å². The molecule has 1 heterocycles. The van der Waals surface area contributed by atoms with Gasteiger partial charge < -0.3 is 10.1 Å². The zero-order chi connectivity index (χ0) is 19.9. The van der Waals surface area contributed by atoms with Crippen LogP contribution in [0.15, 0.2) is 48.5 Å². The van der Waals surface area contributed by atoms with Gasteiger partial charge in [-0.15, -0.1) is 10.2 Å². The minimum absolute atomic E-state index is 0.0806. The summed E-state index contributed by atoms with van der Waals surface area (Å²) >= 11 is 0. The van der Waals surface area contributed by atoms with E-state index in [1.165, 1.54) is 36.4 Å². The Kier molecular flexibility index (Phi) is 6.20. The lowest BCUT2D eigenvalue weighted by Gasteiger charge is -2.07. The number of benzene rings is 2. The molecule has 1 N–H and O–H groups in total. The van der Waals surface area contributed by atoms with Gasteiger partial charge in [0.05, 0.1) is 0 Å². The van der Waals surface area contributed by atoms with Crippen molar-refractivity contribution < 1.29 is 22.7 Å². The van der Waals surface area contributed by atoms with Crippen LogP contribution in [0.1, 0.15) is 5.56 Å². The monoisotopic (exact) mass is 391 g/mol. The first-order valence-corrected chi connectivity index (χ1v) is 8.34. The molecule has 28 heavy (non-hydrogen) atoms. The van der Waals surface area contributed by atoms with Gasteiger partial charge >= 0.3 is 6.61 Å². The van der Waals surface area contributed by atoms with Crippen LogP contribution in [0.2, 0.25) is 0 Å². The Morgan fingerprint density at radius 3 is 2.50 bits per heavy atom. The number of carbonyl (C=O) groups is 1. The predicted molar refractivity (Wildman–Crippen MR) is 93.0 cm³/mol. The summed E-state index contributed by atoms with van der Waals surface area (Å²) in [5, 5.41) is 14.4. The molecule has 2 aromatic carbocycles. The number of rotatable bonds is 8. The lowest BCUT2D eigenvalue weighted by Crippen LogP contribution is -2.30. The number of nitrogens with zero attached hydrogens (tertiary/aromatic N) is 4. The van der Waals surface area contributed by atoms with Gasteiger partial charge in [0.1, 0.15) is 18.1 Å². The molecular weight excluding hydrogens is 375 g/mol. The standard InChI is InChI=1S/C18H16F3N5O2/c19-14-5-3-13(4-6-14)17-23-25-26(24-17)11-16(27)22-10-9-12-1-7-15(8-2-12)28-18(20)21/h1-8,18H,9-11H2,(H,22,27). The van der Waals surface area contributed by atoms with Gasteiger partial charge in [0.2, 0.25) is 11.7 Å². The van der Waals surface area contributed by atoms with E-state index in [0.29, 0.717) is 24.4 Å². The Hall–Kier alpha value is -3.43. The highest BCUT2D eigenvalue weighted by molar-refractivity contribution is 5.75. The maximum absolute atomic E-state index is 12.9. The molecule has 0 spiro atoms. The molecule has 146 valence electrons. The summed E-state index contributed by atoms with van der Waals surface area (Å²) < 4.78 is 41.4. The zero-order valence-electron chi connectivity index (χ0n) is 14.6. The number of tetrazole rings is 1. The molecule has 3 rings (SSSR count). The summed E-state index contributed by atoms with van der Waals surface area (Å²) in [4.78, 5) is 13.1. The third-order valence-electron chi connectivity index (χ3n) is 3.72. The van der Waals surface area contributed by atoms with E-state index in [2.05, 4.69) is 25.5 Å². The van der Waals surface area contributed by atoms with Gasteiger partial charge in [0.25, 0.3) is 0 Å². The fourth-order valence-corrected chi connectivity index (χ4v) is 2.39. The summed E-state index contributed by atoms with van der Waals surface area (Å²) in [6.45, 7) is -2.62. The summed E-state index contributed by atoms with van der Waals surface area (Å²) in [7, 11) is 0. The van der Waals surface area contributed by atoms with E-state index in [4.69, 9.17) is 0 Å². The van der Waals surface area contributed by atoms with E-state index in [9.17, 15) is 18.0 Å². The molecule has 0 aliphatic heterocycles. The third-order valence-corrected chi connectivity index (χ3v) is 3.72. The number of alkyl halides is 2. The van der Waals surface area contributed by atoms with E-state index in [-0.39, 0.29) is 24.0 Å². The van der Waals surface area contributed by atoms with Gasteiger partial charge in [-0.3, -0.25) is 4.79 Å². The number of ether oxygens (including phenoxy) is 1. The normalized spacial score (nSPS) is 10.9. The molecule has 0 radical (unpaired) electrons. The number of hydrogen-bond donors (Lipinski definition) is 1. The van der Waals surface area contributed by atoms with Crippen molar-refractivity contribution in [2.45, 2.75) is 19.6 Å². The van der Waals surface area contributed by atoms with Crippen LogP contribution in [0.3, 0.4) is 0 Å². The Morgan fingerprint density at radius 2 is 1.82 bits per heavy atom. The van der Waals surface area contributed by atoms with E-state index < -0.39 is 6.61 Å². The number of carbonyl (C=O) groups excluding carboxylic acids is 1.